The monoisotopic (exact) mass is 316 g/mol. The van der Waals surface area contributed by atoms with E-state index in [2.05, 4.69) is 9.97 Å². The van der Waals surface area contributed by atoms with Crippen molar-refractivity contribution in [1.82, 2.24) is 9.97 Å². The summed E-state index contributed by atoms with van der Waals surface area (Å²) in [5.74, 6) is 0.447. The number of hydrogen-bond donors (Lipinski definition) is 0. The molecule has 0 aliphatic rings. The van der Waals surface area contributed by atoms with Crippen molar-refractivity contribution in [2.24, 2.45) is 0 Å². The Hall–Kier alpha value is -0.870. The molecule has 2 rings (SSSR count). The van der Waals surface area contributed by atoms with E-state index < -0.39 is 0 Å². The average molecular weight is 318 g/mol. The molecule has 1 heterocycles. The lowest BCUT2D eigenvalue weighted by Crippen LogP contribution is -2.04. The average Bonchev–Trinajstić information content (AvgIpc) is 2.37. The summed E-state index contributed by atoms with van der Waals surface area (Å²) < 4.78 is 5.15. The smallest absolute Gasteiger partial charge is 0.160 e. The molecular weight excluding hydrogens is 307 g/mol. The van der Waals surface area contributed by atoms with Crippen LogP contribution in [0.25, 0.3) is 11.1 Å². The molecule has 1 unspecified atom stereocenters. The summed E-state index contributed by atoms with van der Waals surface area (Å²) in [5.41, 5.74) is 1.34. The molecule has 0 N–H and O–H groups in total. The van der Waals surface area contributed by atoms with Crippen LogP contribution in [0.15, 0.2) is 24.3 Å². The molecule has 100 valence electrons. The van der Waals surface area contributed by atoms with Gasteiger partial charge >= 0.3 is 0 Å². The predicted octanol–water partition coefficient (Wildman–Crippen LogP) is 4.81. The summed E-state index contributed by atoms with van der Waals surface area (Å²) in [5, 5.41) is 1.15. The largest absolute Gasteiger partial charge is 0.374 e. The van der Waals surface area contributed by atoms with E-state index in [0.29, 0.717) is 16.4 Å². The number of hydrogen-bond acceptors (Lipinski definition) is 3. The fourth-order valence-corrected chi connectivity index (χ4v) is 2.40. The third-order valence-electron chi connectivity index (χ3n) is 2.67. The van der Waals surface area contributed by atoms with E-state index in [9.17, 15) is 0 Å². The highest BCUT2D eigenvalue weighted by Crippen LogP contribution is 2.34. The van der Waals surface area contributed by atoms with Crippen molar-refractivity contribution < 1.29 is 4.74 Å². The molecule has 0 bridgehead atoms. The van der Waals surface area contributed by atoms with E-state index >= 15 is 0 Å². The molecule has 1 aromatic heterocycles. The highest BCUT2D eigenvalue weighted by atomic mass is 35.5. The minimum atomic E-state index is -0.275. The van der Waals surface area contributed by atoms with Gasteiger partial charge in [0.15, 0.2) is 5.82 Å². The van der Waals surface area contributed by atoms with Crippen LogP contribution in [-0.4, -0.2) is 17.1 Å². The second-order valence-electron chi connectivity index (χ2n) is 3.93. The van der Waals surface area contributed by atoms with Crippen LogP contribution in [0.4, 0.5) is 0 Å². The molecule has 0 fully saturated rings. The molecule has 1 atom stereocenters. The summed E-state index contributed by atoms with van der Waals surface area (Å²) in [6.45, 7) is 1.82. The molecule has 0 aliphatic heterocycles. The van der Waals surface area contributed by atoms with Crippen molar-refractivity contribution in [1.29, 1.82) is 0 Å². The fourth-order valence-electron chi connectivity index (χ4n) is 1.59. The van der Waals surface area contributed by atoms with Crippen molar-refractivity contribution in [2.75, 3.05) is 7.11 Å². The number of nitrogens with zero attached hydrogens (tertiary/aromatic N) is 2. The summed E-state index contributed by atoms with van der Waals surface area (Å²) in [6, 6.07) is 7.20. The lowest BCUT2D eigenvalue weighted by atomic mass is 10.1. The Labute approximate surface area is 126 Å². The Balaban J connectivity index is 2.54. The van der Waals surface area contributed by atoms with E-state index in [-0.39, 0.29) is 16.4 Å². The number of ether oxygens (including phenoxy) is 1. The van der Waals surface area contributed by atoms with Gasteiger partial charge in [0.25, 0.3) is 0 Å². The maximum Gasteiger partial charge on any atom is 0.160 e. The first-order valence-electron chi connectivity index (χ1n) is 5.54. The Morgan fingerprint density at radius 1 is 1.11 bits per heavy atom. The van der Waals surface area contributed by atoms with Gasteiger partial charge in [0.2, 0.25) is 0 Å². The predicted molar refractivity (Wildman–Crippen MR) is 77.9 cm³/mol. The molecule has 0 saturated carbocycles. The topological polar surface area (TPSA) is 35.0 Å². The second-order valence-corrected chi connectivity index (χ2v) is 5.08. The minimum absolute atomic E-state index is 0.275. The van der Waals surface area contributed by atoms with Gasteiger partial charge in [-0.1, -0.05) is 46.9 Å². The van der Waals surface area contributed by atoms with Gasteiger partial charge in [-0.05, 0) is 24.6 Å². The van der Waals surface area contributed by atoms with Gasteiger partial charge in [-0.2, -0.15) is 0 Å². The first kappa shape index (κ1) is 14.5. The van der Waals surface area contributed by atoms with Crippen LogP contribution < -0.4 is 0 Å². The van der Waals surface area contributed by atoms with Crippen LogP contribution in [0.5, 0.6) is 0 Å². The van der Waals surface area contributed by atoms with Crippen molar-refractivity contribution in [3.05, 3.63) is 45.4 Å². The van der Waals surface area contributed by atoms with E-state index in [1.165, 1.54) is 0 Å². The first-order valence-corrected chi connectivity index (χ1v) is 6.68. The molecule has 6 heteroatoms. The van der Waals surface area contributed by atoms with Gasteiger partial charge in [0.05, 0.1) is 5.56 Å². The molecule has 0 saturated heterocycles. The third kappa shape index (κ3) is 3.18. The third-order valence-corrected chi connectivity index (χ3v) is 3.45. The zero-order valence-corrected chi connectivity index (χ0v) is 12.6. The molecule has 0 aliphatic carbocycles. The second kappa shape index (κ2) is 6.06. The first-order chi connectivity index (χ1) is 9.02. The Morgan fingerprint density at radius 3 is 2.26 bits per heavy atom. The summed E-state index contributed by atoms with van der Waals surface area (Å²) in [7, 11) is 1.57. The molecule has 19 heavy (non-hydrogen) atoms. The lowest BCUT2D eigenvalue weighted by Gasteiger charge is -2.12. The summed E-state index contributed by atoms with van der Waals surface area (Å²) in [6.07, 6.45) is -0.275. The summed E-state index contributed by atoms with van der Waals surface area (Å²) >= 11 is 18.3. The zero-order valence-electron chi connectivity index (χ0n) is 10.3. The molecule has 0 amide bonds. The van der Waals surface area contributed by atoms with Crippen LogP contribution in [0.3, 0.4) is 0 Å². The fraction of sp³-hybridized carbons (Fsp3) is 0.231. The maximum atomic E-state index is 6.19. The van der Waals surface area contributed by atoms with Gasteiger partial charge < -0.3 is 4.74 Å². The highest BCUT2D eigenvalue weighted by molar-refractivity contribution is 6.38. The van der Waals surface area contributed by atoms with Crippen molar-refractivity contribution in [3.8, 4) is 11.1 Å². The number of rotatable bonds is 3. The normalized spacial score (nSPS) is 12.5. The van der Waals surface area contributed by atoms with E-state index in [1.54, 1.807) is 19.2 Å². The number of aromatic nitrogens is 2. The molecule has 1 aromatic carbocycles. The van der Waals surface area contributed by atoms with Gasteiger partial charge in [-0.3, -0.25) is 0 Å². The van der Waals surface area contributed by atoms with Crippen molar-refractivity contribution >= 4 is 34.8 Å². The molecular formula is C13H11Cl3N2O. The van der Waals surface area contributed by atoms with E-state index in [1.807, 2.05) is 19.1 Å². The SMILES string of the molecule is COC(C)c1nc(Cl)c(-c2cccc(Cl)c2)c(Cl)n1. The Morgan fingerprint density at radius 2 is 1.74 bits per heavy atom. The van der Waals surface area contributed by atoms with E-state index in [0.717, 1.165) is 5.56 Å². The number of benzene rings is 1. The van der Waals surface area contributed by atoms with Crippen molar-refractivity contribution in [2.45, 2.75) is 13.0 Å². The number of methoxy groups -OCH3 is 1. The van der Waals surface area contributed by atoms with Gasteiger partial charge in [0, 0.05) is 12.1 Å². The molecule has 0 radical (unpaired) electrons. The standard InChI is InChI=1S/C13H11Cl3N2O/c1-7(19-2)13-17-11(15)10(12(16)18-13)8-4-3-5-9(14)6-8/h3-7H,1-2H3. The molecule has 2 aromatic rings. The minimum Gasteiger partial charge on any atom is -0.374 e. The van der Waals surface area contributed by atoms with Crippen LogP contribution in [0, 0.1) is 0 Å². The van der Waals surface area contributed by atoms with Crippen LogP contribution >= 0.6 is 34.8 Å². The van der Waals surface area contributed by atoms with Gasteiger partial charge in [-0.25, -0.2) is 9.97 Å². The zero-order chi connectivity index (χ0) is 14.0. The Kier molecular flexibility index (Phi) is 4.63. The van der Waals surface area contributed by atoms with E-state index in [4.69, 9.17) is 39.5 Å². The van der Waals surface area contributed by atoms with Crippen LogP contribution in [0.1, 0.15) is 18.9 Å². The van der Waals surface area contributed by atoms with Crippen molar-refractivity contribution in [3.63, 3.8) is 0 Å². The van der Waals surface area contributed by atoms with Gasteiger partial charge in [0.1, 0.15) is 16.4 Å². The quantitative estimate of drug-likeness (QED) is 0.762. The highest BCUT2D eigenvalue weighted by Gasteiger charge is 2.17. The maximum absolute atomic E-state index is 6.19. The van der Waals surface area contributed by atoms with Gasteiger partial charge in [-0.15, -0.1) is 0 Å². The Bertz CT molecular complexity index is 581. The molecule has 0 spiro atoms. The summed E-state index contributed by atoms with van der Waals surface area (Å²) in [4.78, 5) is 8.43. The lowest BCUT2D eigenvalue weighted by molar-refractivity contribution is 0.112. The number of halogens is 3. The van der Waals surface area contributed by atoms with Crippen LogP contribution in [0.2, 0.25) is 15.3 Å². The van der Waals surface area contributed by atoms with Crippen LogP contribution in [-0.2, 0) is 4.74 Å². The molecule has 3 nitrogen and oxygen atoms in total.